The third-order valence-electron chi connectivity index (χ3n) is 3.85. The van der Waals surface area contributed by atoms with Crippen LogP contribution < -0.4 is 9.47 Å². The zero-order valence-electron chi connectivity index (χ0n) is 15.1. The van der Waals surface area contributed by atoms with Gasteiger partial charge in [-0.15, -0.1) is 0 Å². The second-order valence-corrected chi connectivity index (χ2v) is 6.34. The van der Waals surface area contributed by atoms with Gasteiger partial charge in [-0.3, -0.25) is 0 Å². The Kier molecular flexibility index (Phi) is 6.12. The molecule has 0 amide bonds. The van der Waals surface area contributed by atoms with Crippen molar-refractivity contribution in [3.05, 3.63) is 53.4 Å². The van der Waals surface area contributed by atoms with Crippen LogP contribution in [0.4, 0.5) is 0 Å². The predicted octanol–water partition coefficient (Wildman–Crippen LogP) is 6.25. The van der Waals surface area contributed by atoms with Crippen LogP contribution in [0.25, 0.3) is 22.6 Å². The predicted molar refractivity (Wildman–Crippen MR) is 106 cm³/mol. The Morgan fingerprint density at radius 2 is 1.31 bits per heavy atom. The van der Waals surface area contributed by atoms with Crippen LogP contribution in [0.2, 0.25) is 0 Å². The highest BCUT2D eigenvalue weighted by Crippen LogP contribution is 2.33. The molecule has 0 saturated carbocycles. The van der Waals surface area contributed by atoms with Gasteiger partial charge in [0.1, 0.15) is 11.5 Å². The lowest BCUT2D eigenvalue weighted by Crippen LogP contribution is -1.94. The number of rotatable bonds is 8. The lowest BCUT2D eigenvalue weighted by atomic mass is 10.1. The summed E-state index contributed by atoms with van der Waals surface area (Å²) in [5.41, 5.74) is 2.80. The number of nitrogens with one attached hydrogen (secondary N) is 1. The molecular weight excluding hydrogens is 346 g/mol. The maximum atomic E-state index is 5.76. The molecule has 0 aliphatic rings. The van der Waals surface area contributed by atoms with E-state index in [1.165, 1.54) is 0 Å². The topological polar surface area (TPSA) is 47.4 Å². The van der Waals surface area contributed by atoms with E-state index in [0.29, 0.717) is 18.1 Å². The molecule has 0 aliphatic heterocycles. The second-order valence-electron chi connectivity index (χ2n) is 5.96. The molecule has 1 N–H and O–H groups in total. The summed E-state index contributed by atoms with van der Waals surface area (Å²) >= 11 is 5.21. The molecule has 1 heterocycles. The molecule has 0 aliphatic carbocycles. The van der Waals surface area contributed by atoms with Crippen LogP contribution in [0.3, 0.4) is 0 Å². The van der Waals surface area contributed by atoms with E-state index in [0.717, 1.165) is 46.9 Å². The minimum atomic E-state index is 0.354. The first-order valence-corrected chi connectivity index (χ1v) is 9.31. The van der Waals surface area contributed by atoms with Gasteiger partial charge in [-0.1, -0.05) is 13.8 Å². The van der Waals surface area contributed by atoms with E-state index in [1.807, 2.05) is 48.5 Å². The van der Waals surface area contributed by atoms with Crippen molar-refractivity contribution in [1.29, 1.82) is 0 Å². The molecule has 4 nitrogen and oxygen atoms in total. The van der Waals surface area contributed by atoms with Crippen molar-refractivity contribution in [1.82, 2.24) is 4.98 Å². The Balaban J connectivity index is 1.87. The van der Waals surface area contributed by atoms with E-state index in [2.05, 4.69) is 18.8 Å². The van der Waals surface area contributed by atoms with E-state index >= 15 is 0 Å². The molecule has 5 heteroatoms. The molecule has 0 spiro atoms. The molecule has 0 saturated heterocycles. The fourth-order valence-corrected chi connectivity index (χ4v) is 2.78. The van der Waals surface area contributed by atoms with Crippen molar-refractivity contribution >= 4 is 12.2 Å². The van der Waals surface area contributed by atoms with E-state index in [9.17, 15) is 0 Å². The lowest BCUT2D eigenvalue weighted by molar-refractivity contribution is 0.317. The minimum Gasteiger partial charge on any atom is -0.494 e. The van der Waals surface area contributed by atoms with Gasteiger partial charge in [0.2, 0.25) is 0 Å². The van der Waals surface area contributed by atoms with Crippen molar-refractivity contribution in [3.8, 4) is 34.1 Å². The van der Waals surface area contributed by atoms with Crippen LogP contribution >= 0.6 is 12.2 Å². The minimum absolute atomic E-state index is 0.354. The third-order valence-corrected chi connectivity index (χ3v) is 4.04. The van der Waals surface area contributed by atoms with Gasteiger partial charge in [-0.25, -0.2) is 0 Å². The summed E-state index contributed by atoms with van der Waals surface area (Å²) in [6.07, 6.45) is 1.97. The summed E-state index contributed by atoms with van der Waals surface area (Å²) < 4.78 is 17.0. The first-order chi connectivity index (χ1) is 12.7. The van der Waals surface area contributed by atoms with Gasteiger partial charge in [-0.2, -0.15) is 0 Å². The molecule has 26 heavy (non-hydrogen) atoms. The Bertz CT molecular complexity index is 807. The van der Waals surface area contributed by atoms with Crippen LogP contribution in [0.1, 0.15) is 26.7 Å². The number of hydrogen-bond acceptors (Lipinski definition) is 4. The molecule has 3 aromatic rings. The molecule has 136 valence electrons. The zero-order valence-corrected chi connectivity index (χ0v) is 15.9. The maximum Gasteiger partial charge on any atom is 0.266 e. The standard InChI is InChI=1S/C21H23NO3S/c1-3-13-23-17-9-5-15(6-10-17)19-20(25-21(26)22-19)16-7-11-18(12-8-16)24-14-4-2/h5-12H,3-4,13-14H2,1-2H3,(H,22,26). The molecule has 1 aromatic heterocycles. The summed E-state index contributed by atoms with van der Waals surface area (Å²) in [5.74, 6) is 2.43. The Morgan fingerprint density at radius 1 is 0.808 bits per heavy atom. The largest absolute Gasteiger partial charge is 0.494 e. The number of aromatic nitrogens is 1. The number of benzene rings is 2. The summed E-state index contributed by atoms with van der Waals surface area (Å²) in [6, 6.07) is 15.8. The number of aromatic amines is 1. The SMILES string of the molecule is CCCOc1ccc(-c2[nH]c(=S)oc2-c2ccc(OCCC)cc2)cc1. The van der Waals surface area contributed by atoms with Gasteiger partial charge in [0, 0.05) is 11.1 Å². The van der Waals surface area contributed by atoms with Gasteiger partial charge in [0.05, 0.1) is 18.9 Å². The first kappa shape index (κ1) is 18.3. The monoisotopic (exact) mass is 369 g/mol. The second kappa shape index (κ2) is 8.72. The highest BCUT2D eigenvalue weighted by atomic mass is 32.1. The summed E-state index contributed by atoms with van der Waals surface area (Å²) in [7, 11) is 0. The highest BCUT2D eigenvalue weighted by Gasteiger charge is 2.13. The fourth-order valence-electron chi connectivity index (χ4n) is 2.59. The van der Waals surface area contributed by atoms with Crippen LogP contribution in [0.5, 0.6) is 11.5 Å². The maximum absolute atomic E-state index is 5.76. The van der Waals surface area contributed by atoms with Gasteiger partial charge >= 0.3 is 0 Å². The quantitative estimate of drug-likeness (QED) is 0.477. The number of H-pyrrole nitrogens is 1. The summed E-state index contributed by atoms with van der Waals surface area (Å²) in [5, 5.41) is 0. The van der Waals surface area contributed by atoms with E-state index in [-0.39, 0.29) is 0 Å². The van der Waals surface area contributed by atoms with E-state index in [1.54, 1.807) is 0 Å². The van der Waals surface area contributed by atoms with Crippen molar-refractivity contribution in [2.45, 2.75) is 26.7 Å². The van der Waals surface area contributed by atoms with Crippen molar-refractivity contribution in [2.24, 2.45) is 0 Å². The van der Waals surface area contributed by atoms with E-state index < -0.39 is 0 Å². The molecule has 0 unspecified atom stereocenters. The zero-order chi connectivity index (χ0) is 18.4. The number of hydrogen-bond donors (Lipinski definition) is 1. The van der Waals surface area contributed by atoms with Gasteiger partial charge < -0.3 is 18.9 Å². The molecule has 0 atom stereocenters. The van der Waals surface area contributed by atoms with Crippen LogP contribution in [-0.4, -0.2) is 18.2 Å². The Hall–Kier alpha value is -2.53. The highest BCUT2D eigenvalue weighted by molar-refractivity contribution is 7.71. The average molecular weight is 369 g/mol. The van der Waals surface area contributed by atoms with Gasteiger partial charge in [-0.05, 0) is 73.6 Å². The van der Waals surface area contributed by atoms with Crippen LogP contribution in [0, 0.1) is 4.84 Å². The molecule has 2 aromatic carbocycles. The Morgan fingerprint density at radius 3 is 1.81 bits per heavy atom. The van der Waals surface area contributed by atoms with Gasteiger partial charge in [0.15, 0.2) is 5.76 Å². The smallest absolute Gasteiger partial charge is 0.266 e. The summed E-state index contributed by atoms with van der Waals surface area (Å²) in [4.78, 5) is 3.50. The summed E-state index contributed by atoms with van der Waals surface area (Å²) in [6.45, 7) is 5.60. The number of ether oxygens (including phenoxy) is 2. The van der Waals surface area contributed by atoms with Crippen molar-refractivity contribution in [3.63, 3.8) is 0 Å². The number of oxazole rings is 1. The molecular formula is C21H23NO3S. The molecule has 0 fully saturated rings. The molecule has 3 rings (SSSR count). The van der Waals surface area contributed by atoms with E-state index in [4.69, 9.17) is 26.1 Å². The molecule has 0 bridgehead atoms. The average Bonchev–Trinajstić information content (AvgIpc) is 3.07. The van der Waals surface area contributed by atoms with Crippen LogP contribution in [-0.2, 0) is 0 Å². The lowest BCUT2D eigenvalue weighted by Gasteiger charge is -2.07. The molecule has 0 radical (unpaired) electrons. The van der Waals surface area contributed by atoms with Crippen molar-refractivity contribution < 1.29 is 13.9 Å². The van der Waals surface area contributed by atoms with Crippen LogP contribution in [0.15, 0.2) is 52.9 Å². The third kappa shape index (κ3) is 4.35. The fraction of sp³-hybridized carbons (Fsp3) is 0.286. The Labute approximate surface area is 158 Å². The first-order valence-electron chi connectivity index (χ1n) is 8.90. The van der Waals surface area contributed by atoms with Crippen molar-refractivity contribution in [2.75, 3.05) is 13.2 Å². The normalized spacial score (nSPS) is 10.7. The van der Waals surface area contributed by atoms with Gasteiger partial charge in [0.25, 0.3) is 4.84 Å².